The summed E-state index contributed by atoms with van der Waals surface area (Å²) >= 11 is 0. The average Bonchev–Trinajstić information content (AvgIpc) is 3.05. The molecule has 0 fully saturated rings. The molecule has 6 heteroatoms. The van der Waals surface area contributed by atoms with Crippen molar-refractivity contribution in [2.24, 2.45) is 0 Å². The smallest absolute Gasteiger partial charge is 0.234 e. The summed E-state index contributed by atoms with van der Waals surface area (Å²) < 4.78 is 18.7. The molecule has 2 N–H and O–H groups in total. The van der Waals surface area contributed by atoms with Crippen LogP contribution in [0.4, 0.5) is 4.39 Å². The molecule has 0 saturated carbocycles. The fourth-order valence-electron chi connectivity index (χ4n) is 3.15. The van der Waals surface area contributed by atoms with Crippen LogP contribution in [0.2, 0.25) is 0 Å². The molecule has 0 spiro atoms. The van der Waals surface area contributed by atoms with E-state index in [1.807, 2.05) is 36.3 Å². The fraction of sp³-hybridized carbons (Fsp3) is 0.286. The number of aromatic amines is 1. The Balaban J connectivity index is 1.45. The standard InChI is InChI=1S/C21H24FN3O2/c1-25(13-15-7-8-20(27-2)18(22)11-15)14-21(26)23-10-9-16-12-24-19-6-4-3-5-17(16)19/h3-8,11-12,24H,9-10,13-14H2,1-2H3,(H,23,26). The third-order valence-electron chi connectivity index (χ3n) is 4.47. The maximum Gasteiger partial charge on any atom is 0.234 e. The number of nitrogens with zero attached hydrogens (tertiary/aromatic N) is 1. The van der Waals surface area contributed by atoms with Gasteiger partial charge in [0.25, 0.3) is 0 Å². The first kappa shape index (κ1) is 18.9. The van der Waals surface area contributed by atoms with Crippen LogP contribution in [0.3, 0.4) is 0 Å². The Labute approximate surface area is 158 Å². The lowest BCUT2D eigenvalue weighted by Gasteiger charge is -2.16. The van der Waals surface area contributed by atoms with Gasteiger partial charge in [-0.3, -0.25) is 9.69 Å². The van der Waals surface area contributed by atoms with E-state index < -0.39 is 5.82 Å². The molecular formula is C21H24FN3O2. The van der Waals surface area contributed by atoms with Crippen molar-refractivity contribution >= 4 is 16.8 Å². The van der Waals surface area contributed by atoms with Gasteiger partial charge in [-0.1, -0.05) is 24.3 Å². The number of para-hydroxylation sites is 1. The molecule has 0 aliphatic rings. The van der Waals surface area contributed by atoms with Gasteiger partial charge in [0.2, 0.25) is 5.91 Å². The molecule has 0 radical (unpaired) electrons. The molecule has 0 aliphatic heterocycles. The van der Waals surface area contributed by atoms with Gasteiger partial charge in [0, 0.05) is 30.2 Å². The Kier molecular flexibility index (Phi) is 6.08. The van der Waals surface area contributed by atoms with Crippen molar-refractivity contribution in [2.75, 3.05) is 27.2 Å². The van der Waals surface area contributed by atoms with Gasteiger partial charge in [0.15, 0.2) is 11.6 Å². The van der Waals surface area contributed by atoms with E-state index >= 15 is 0 Å². The maximum absolute atomic E-state index is 13.8. The van der Waals surface area contributed by atoms with Crippen LogP contribution in [-0.2, 0) is 17.8 Å². The molecular weight excluding hydrogens is 345 g/mol. The molecule has 27 heavy (non-hydrogen) atoms. The summed E-state index contributed by atoms with van der Waals surface area (Å²) in [5.74, 6) is -0.227. The van der Waals surface area contributed by atoms with Crippen molar-refractivity contribution in [2.45, 2.75) is 13.0 Å². The van der Waals surface area contributed by atoms with E-state index in [1.54, 1.807) is 12.1 Å². The van der Waals surface area contributed by atoms with Gasteiger partial charge in [-0.05, 0) is 42.8 Å². The SMILES string of the molecule is COc1ccc(CN(C)CC(=O)NCCc2c[nH]c3ccccc23)cc1F. The molecule has 0 atom stereocenters. The monoisotopic (exact) mass is 369 g/mol. The number of methoxy groups -OCH3 is 1. The second-order valence-electron chi connectivity index (χ2n) is 6.60. The summed E-state index contributed by atoms with van der Waals surface area (Å²) in [6.45, 7) is 1.31. The number of amides is 1. The zero-order valence-corrected chi connectivity index (χ0v) is 15.6. The number of fused-ring (bicyclic) bond motifs is 1. The van der Waals surface area contributed by atoms with Crippen LogP contribution in [0.1, 0.15) is 11.1 Å². The van der Waals surface area contributed by atoms with Crippen LogP contribution in [0.25, 0.3) is 10.9 Å². The molecule has 142 valence electrons. The first-order valence-corrected chi connectivity index (χ1v) is 8.89. The predicted molar refractivity (Wildman–Crippen MR) is 104 cm³/mol. The highest BCUT2D eigenvalue weighted by molar-refractivity contribution is 5.83. The highest BCUT2D eigenvalue weighted by atomic mass is 19.1. The number of H-pyrrole nitrogens is 1. The van der Waals surface area contributed by atoms with E-state index in [0.717, 1.165) is 17.5 Å². The lowest BCUT2D eigenvalue weighted by molar-refractivity contribution is -0.122. The van der Waals surface area contributed by atoms with E-state index in [4.69, 9.17) is 4.74 Å². The van der Waals surface area contributed by atoms with Crippen molar-refractivity contribution < 1.29 is 13.9 Å². The molecule has 5 nitrogen and oxygen atoms in total. The molecule has 1 amide bonds. The van der Waals surface area contributed by atoms with E-state index in [2.05, 4.69) is 16.4 Å². The van der Waals surface area contributed by atoms with Crippen molar-refractivity contribution in [3.63, 3.8) is 0 Å². The quantitative estimate of drug-likeness (QED) is 0.641. The minimum atomic E-state index is -0.397. The lowest BCUT2D eigenvalue weighted by atomic mass is 10.1. The van der Waals surface area contributed by atoms with Crippen LogP contribution in [0.15, 0.2) is 48.7 Å². The highest BCUT2D eigenvalue weighted by Crippen LogP contribution is 2.19. The van der Waals surface area contributed by atoms with Crippen molar-refractivity contribution in [3.05, 3.63) is 65.6 Å². The average molecular weight is 369 g/mol. The maximum atomic E-state index is 13.8. The van der Waals surface area contributed by atoms with Gasteiger partial charge in [-0.15, -0.1) is 0 Å². The molecule has 1 heterocycles. The van der Waals surface area contributed by atoms with Crippen molar-refractivity contribution in [3.8, 4) is 5.75 Å². The van der Waals surface area contributed by atoms with E-state index in [9.17, 15) is 9.18 Å². The number of rotatable bonds is 8. The van der Waals surface area contributed by atoms with Gasteiger partial charge in [-0.25, -0.2) is 4.39 Å². The molecule has 3 rings (SSSR count). The fourth-order valence-corrected chi connectivity index (χ4v) is 3.15. The lowest BCUT2D eigenvalue weighted by Crippen LogP contribution is -2.35. The van der Waals surface area contributed by atoms with E-state index in [1.165, 1.54) is 24.1 Å². The number of hydrogen-bond acceptors (Lipinski definition) is 3. The Hall–Kier alpha value is -2.86. The molecule has 0 bridgehead atoms. The minimum absolute atomic E-state index is 0.0497. The zero-order valence-electron chi connectivity index (χ0n) is 15.6. The van der Waals surface area contributed by atoms with Crippen LogP contribution in [0.5, 0.6) is 5.75 Å². The third kappa shape index (κ3) is 4.86. The van der Waals surface area contributed by atoms with Gasteiger partial charge >= 0.3 is 0 Å². The first-order valence-electron chi connectivity index (χ1n) is 8.89. The largest absolute Gasteiger partial charge is 0.494 e. The Morgan fingerprint density at radius 1 is 1.26 bits per heavy atom. The highest BCUT2D eigenvalue weighted by Gasteiger charge is 2.10. The molecule has 2 aromatic carbocycles. The molecule has 0 saturated heterocycles. The molecule has 0 aliphatic carbocycles. The van der Waals surface area contributed by atoms with Crippen LogP contribution < -0.4 is 10.1 Å². The van der Waals surface area contributed by atoms with Crippen molar-refractivity contribution in [1.82, 2.24) is 15.2 Å². The number of carbonyl (C=O) groups is 1. The van der Waals surface area contributed by atoms with Gasteiger partial charge in [-0.2, -0.15) is 0 Å². The summed E-state index contributed by atoms with van der Waals surface area (Å²) in [4.78, 5) is 17.2. The van der Waals surface area contributed by atoms with Gasteiger partial charge in [0.1, 0.15) is 0 Å². The van der Waals surface area contributed by atoms with Crippen LogP contribution in [-0.4, -0.2) is 43.0 Å². The predicted octanol–water partition coefficient (Wildman–Crippen LogP) is 3.11. The number of aromatic nitrogens is 1. The van der Waals surface area contributed by atoms with Gasteiger partial charge < -0.3 is 15.0 Å². The number of ether oxygens (including phenoxy) is 1. The topological polar surface area (TPSA) is 57.4 Å². The third-order valence-corrected chi connectivity index (χ3v) is 4.47. The molecule has 3 aromatic rings. The second kappa shape index (κ2) is 8.68. The normalized spacial score (nSPS) is 11.1. The Bertz CT molecular complexity index is 923. The second-order valence-corrected chi connectivity index (χ2v) is 6.60. The number of likely N-dealkylation sites (N-methyl/N-ethyl adjacent to an activating group) is 1. The van der Waals surface area contributed by atoms with Crippen molar-refractivity contribution in [1.29, 1.82) is 0 Å². The summed E-state index contributed by atoms with van der Waals surface area (Å²) in [7, 11) is 3.27. The Morgan fingerprint density at radius 3 is 2.85 bits per heavy atom. The molecule has 1 aromatic heterocycles. The van der Waals surface area contributed by atoms with E-state index in [-0.39, 0.29) is 18.2 Å². The summed E-state index contributed by atoms with van der Waals surface area (Å²) in [5.41, 5.74) is 3.08. The number of nitrogens with one attached hydrogen (secondary N) is 2. The summed E-state index contributed by atoms with van der Waals surface area (Å²) in [6, 6.07) is 12.9. The first-order chi connectivity index (χ1) is 13.1. The number of hydrogen-bond donors (Lipinski definition) is 2. The van der Waals surface area contributed by atoms with E-state index in [0.29, 0.717) is 13.1 Å². The van der Waals surface area contributed by atoms with Crippen LogP contribution >= 0.6 is 0 Å². The van der Waals surface area contributed by atoms with Gasteiger partial charge in [0.05, 0.1) is 13.7 Å². The Morgan fingerprint density at radius 2 is 2.07 bits per heavy atom. The van der Waals surface area contributed by atoms with Crippen LogP contribution in [0, 0.1) is 5.82 Å². The number of carbonyl (C=O) groups excluding carboxylic acids is 1. The molecule has 0 unspecified atom stereocenters. The summed E-state index contributed by atoms with van der Waals surface area (Å²) in [6.07, 6.45) is 2.75. The zero-order chi connectivity index (χ0) is 19.2. The number of benzene rings is 2. The number of halogens is 1. The minimum Gasteiger partial charge on any atom is -0.494 e. The summed E-state index contributed by atoms with van der Waals surface area (Å²) in [5, 5.41) is 4.13.